The monoisotopic (exact) mass is 218 g/mol. The number of nitrogens with zero attached hydrogens (tertiary/aromatic N) is 2. The van der Waals surface area contributed by atoms with Crippen LogP contribution < -0.4 is 10.6 Å². The van der Waals surface area contributed by atoms with Gasteiger partial charge in [0.2, 0.25) is 0 Å². The summed E-state index contributed by atoms with van der Waals surface area (Å²) in [5, 5.41) is 7.55. The van der Waals surface area contributed by atoms with E-state index in [0.717, 1.165) is 18.7 Å². The van der Waals surface area contributed by atoms with Crippen molar-refractivity contribution < 1.29 is 0 Å². The summed E-state index contributed by atoms with van der Waals surface area (Å²) in [5.41, 5.74) is 7.19. The highest BCUT2D eigenvalue weighted by Crippen LogP contribution is 2.28. The molecule has 1 atom stereocenters. The van der Waals surface area contributed by atoms with Crippen molar-refractivity contribution in [3.8, 4) is 0 Å². The van der Waals surface area contributed by atoms with Crippen LogP contribution in [0.2, 0.25) is 0 Å². The van der Waals surface area contributed by atoms with Gasteiger partial charge in [-0.15, -0.1) is 0 Å². The molecule has 86 valence electrons. The maximum absolute atomic E-state index is 7.55. The number of nitrogen functional groups attached to an aromatic ring is 1. The predicted octanol–water partition coefficient (Wildman–Crippen LogP) is 1.74. The molecule has 0 amide bonds. The summed E-state index contributed by atoms with van der Waals surface area (Å²) < 4.78 is 0. The second-order valence-electron chi connectivity index (χ2n) is 4.18. The third kappa shape index (κ3) is 1.87. The molecule has 1 unspecified atom stereocenters. The summed E-state index contributed by atoms with van der Waals surface area (Å²) in [4.78, 5) is 6.54. The first kappa shape index (κ1) is 10.9. The smallest absolute Gasteiger partial charge is 0.143 e. The summed E-state index contributed by atoms with van der Waals surface area (Å²) in [6, 6.07) is 4.49. The number of pyridine rings is 1. The molecule has 1 aromatic rings. The molecule has 2 heterocycles. The van der Waals surface area contributed by atoms with Gasteiger partial charge in [0, 0.05) is 18.8 Å². The zero-order valence-electron chi connectivity index (χ0n) is 9.61. The van der Waals surface area contributed by atoms with E-state index in [4.69, 9.17) is 11.1 Å². The largest absolute Gasteiger partial charge is 0.382 e. The Labute approximate surface area is 96.0 Å². The van der Waals surface area contributed by atoms with E-state index >= 15 is 0 Å². The average Bonchev–Trinajstić information content (AvgIpc) is 2.76. The van der Waals surface area contributed by atoms with Gasteiger partial charge >= 0.3 is 0 Å². The number of aromatic nitrogens is 1. The quantitative estimate of drug-likeness (QED) is 0.600. The van der Waals surface area contributed by atoms with Crippen molar-refractivity contribution in [3.63, 3.8) is 0 Å². The molecule has 16 heavy (non-hydrogen) atoms. The third-order valence-corrected chi connectivity index (χ3v) is 3.20. The van der Waals surface area contributed by atoms with Crippen LogP contribution in [0.5, 0.6) is 0 Å². The Balaban J connectivity index is 2.35. The number of nitrogens with one attached hydrogen (secondary N) is 1. The lowest BCUT2D eigenvalue weighted by molar-refractivity contribution is 0.644. The minimum Gasteiger partial charge on any atom is -0.382 e. The van der Waals surface area contributed by atoms with Gasteiger partial charge in [-0.05, 0) is 31.4 Å². The number of anilines is 1. The zero-order valence-corrected chi connectivity index (χ0v) is 9.61. The number of nitrogens with two attached hydrogens (primary N) is 1. The van der Waals surface area contributed by atoms with E-state index < -0.39 is 0 Å². The molecule has 1 aliphatic rings. The average molecular weight is 218 g/mol. The molecule has 1 fully saturated rings. The summed E-state index contributed by atoms with van der Waals surface area (Å²) in [7, 11) is 0. The highest BCUT2D eigenvalue weighted by molar-refractivity contribution is 5.98. The minimum absolute atomic E-state index is 0.0531. The lowest BCUT2D eigenvalue weighted by Crippen LogP contribution is -2.31. The van der Waals surface area contributed by atoms with Crippen LogP contribution in [0.4, 0.5) is 5.69 Å². The van der Waals surface area contributed by atoms with E-state index in [0.29, 0.717) is 11.7 Å². The van der Waals surface area contributed by atoms with Crippen LogP contribution in [0.1, 0.15) is 31.9 Å². The Morgan fingerprint density at radius 3 is 3.19 bits per heavy atom. The molecule has 0 aliphatic carbocycles. The molecule has 4 nitrogen and oxygen atoms in total. The van der Waals surface area contributed by atoms with E-state index in [9.17, 15) is 0 Å². The highest BCUT2D eigenvalue weighted by Gasteiger charge is 2.25. The van der Waals surface area contributed by atoms with Gasteiger partial charge in [0.25, 0.3) is 0 Å². The van der Waals surface area contributed by atoms with Crippen molar-refractivity contribution in [1.82, 2.24) is 4.98 Å². The van der Waals surface area contributed by atoms with E-state index in [2.05, 4.69) is 16.8 Å². The van der Waals surface area contributed by atoms with Crippen LogP contribution >= 0.6 is 0 Å². The molecule has 0 aromatic carbocycles. The van der Waals surface area contributed by atoms with Crippen LogP contribution in [0.15, 0.2) is 18.3 Å². The number of rotatable bonds is 3. The molecule has 0 saturated carbocycles. The van der Waals surface area contributed by atoms with Gasteiger partial charge in [-0.25, -0.2) is 0 Å². The van der Waals surface area contributed by atoms with Gasteiger partial charge in [-0.1, -0.05) is 6.92 Å². The van der Waals surface area contributed by atoms with Crippen molar-refractivity contribution in [3.05, 3.63) is 24.0 Å². The standard InChI is InChI=1S/C12H18N4/c1-2-9-5-4-8-16(9)10-6-3-7-15-11(10)12(13)14/h3,6-7,9H,2,4-5,8H2,1H3,(H3,13,14). The Morgan fingerprint density at radius 1 is 1.69 bits per heavy atom. The summed E-state index contributed by atoms with van der Waals surface area (Å²) in [6.45, 7) is 3.25. The molecule has 1 saturated heterocycles. The maximum Gasteiger partial charge on any atom is 0.143 e. The van der Waals surface area contributed by atoms with Crippen molar-refractivity contribution in [1.29, 1.82) is 5.41 Å². The number of hydrogen-bond donors (Lipinski definition) is 2. The normalized spacial score (nSPS) is 20.1. The van der Waals surface area contributed by atoms with Crippen LogP contribution in [0, 0.1) is 5.41 Å². The lowest BCUT2D eigenvalue weighted by atomic mass is 10.1. The summed E-state index contributed by atoms with van der Waals surface area (Å²) >= 11 is 0. The predicted molar refractivity (Wildman–Crippen MR) is 65.9 cm³/mol. The lowest BCUT2D eigenvalue weighted by Gasteiger charge is -2.27. The maximum atomic E-state index is 7.55. The first-order chi connectivity index (χ1) is 7.74. The molecule has 0 radical (unpaired) electrons. The molecule has 1 aromatic heterocycles. The van der Waals surface area contributed by atoms with Crippen molar-refractivity contribution in [2.24, 2.45) is 5.73 Å². The number of amidine groups is 1. The second kappa shape index (κ2) is 4.51. The minimum atomic E-state index is 0.0531. The molecule has 3 N–H and O–H groups in total. The fourth-order valence-electron chi connectivity index (χ4n) is 2.41. The van der Waals surface area contributed by atoms with Crippen LogP contribution in [-0.2, 0) is 0 Å². The van der Waals surface area contributed by atoms with E-state index in [-0.39, 0.29) is 5.84 Å². The van der Waals surface area contributed by atoms with Crippen molar-refractivity contribution in [2.75, 3.05) is 11.4 Å². The fourth-order valence-corrected chi connectivity index (χ4v) is 2.41. The van der Waals surface area contributed by atoms with Gasteiger partial charge < -0.3 is 10.6 Å². The molecule has 2 rings (SSSR count). The van der Waals surface area contributed by atoms with Crippen LogP contribution in [-0.4, -0.2) is 23.4 Å². The van der Waals surface area contributed by atoms with Crippen molar-refractivity contribution in [2.45, 2.75) is 32.2 Å². The zero-order chi connectivity index (χ0) is 11.5. The fraction of sp³-hybridized carbons (Fsp3) is 0.500. The van der Waals surface area contributed by atoms with Crippen LogP contribution in [0.3, 0.4) is 0 Å². The van der Waals surface area contributed by atoms with E-state index in [1.165, 1.54) is 12.8 Å². The van der Waals surface area contributed by atoms with E-state index in [1.54, 1.807) is 6.20 Å². The van der Waals surface area contributed by atoms with Crippen molar-refractivity contribution >= 4 is 11.5 Å². The summed E-state index contributed by atoms with van der Waals surface area (Å²) in [5.74, 6) is 0.0531. The number of hydrogen-bond acceptors (Lipinski definition) is 3. The Hall–Kier alpha value is -1.58. The van der Waals surface area contributed by atoms with Gasteiger partial charge in [-0.3, -0.25) is 10.4 Å². The Kier molecular flexibility index (Phi) is 3.08. The first-order valence-corrected chi connectivity index (χ1v) is 5.80. The molecular formula is C12H18N4. The topological polar surface area (TPSA) is 66.0 Å². The molecular weight excluding hydrogens is 200 g/mol. The summed E-state index contributed by atoms with van der Waals surface area (Å²) in [6.07, 6.45) is 5.26. The molecule has 4 heteroatoms. The van der Waals surface area contributed by atoms with Gasteiger partial charge in [0.05, 0.1) is 5.69 Å². The second-order valence-corrected chi connectivity index (χ2v) is 4.18. The first-order valence-electron chi connectivity index (χ1n) is 5.80. The Morgan fingerprint density at radius 2 is 2.50 bits per heavy atom. The molecule has 0 spiro atoms. The SMILES string of the molecule is CCC1CCCN1c1cccnc1C(=N)N. The highest BCUT2D eigenvalue weighted by atomic mass is 15.2. The van der Waals surface area contributed by atoms with E-state index in [1.807, 2.05) is 12.1 Å². The third-order valence-electron chi connectivity index (χ3n) is 3.20. The Bertz CT molecular complexity index is 388. The van der Waals surface area contributed by atoms with Gasteiger partial charge in [-0.2, -0.15) is 0 Å². The molecule has 1 aliphatic heterocycles. The molecule has 0 bridgehead atoms. The van der Waals surface area contributed by atoms with Gasteiger partial charge in [0.15, 0.2) is 0 Å². The van der Waals surface area contributed by atoms with Gasteiger partial charge in [0.1, 0.15) is 11.5 Å². The van der Waals surface area contributed by atoms with Crippen LogP contribution in [0.25, 0.3) is 0 Å².